The van der Waals surface area contributed by atoms with Crippen LogP contribution in [0.2, 0.25) is 0 Å². The van der Waals surface area contributed by atoms with E-state index in [1.807, 2.05) is 0 Å². The maximum Gasteiger partial charge on any atom is 0.224 e. The van der Waals surface area contributed by atoms with Gasteiger partial charge in [0, 0.05) is 6.42 Å². The van der Waals surface area contributed by atoms with Crippen LogP contribution in [0.25, 0.3) is 0 Å². The maximum absolute atomic E-state index is 12.2. The minimum absolute atomic E-state index is 0.0900. The van der Waals surface area contributed by atoms with E-state index in [0.29, 0.717) is 23.4 Å². The van der Waals surface area contributed by atoms with Crippen LogP contribution in [0.4, 0.5) is 5.69 Å². The van der Waals surface area contributed by atoms with Crippen LogP contribution in [0.15, 0.2) is 18.2 Å². The molecule has 4 heteroatoms. The van der Waals surface area contributed by atoms with E-state index >= 15 is 0 Å². The number of benzene rings is 1. The Balaban J connectivity index is 2.78. The number of amides is 1. The summed E-state index contributed by atoms with van der Waals surface area (Å²) in [6, 6.07) is 7.20. The van der Waals surface area contributed by atoms with Crippen LogP contribution < -0.4 is 10.1 Å². The zero-order chi connectivity index (χ0) is 16.0. The molecule has 0 spiro atoms. The second kappa shape index (κ2) is 7.12. The van der Waals surface area contributed by atoms with Crippen molar-refractivity contribution in [3.05, 3.63) is 23.8 Å². The van der Waals surface area contributed by atoms with Gasteiger partial charge in [0.15, 0.2) is 0 Å². The topological polar surface area (TPSA) is 62.1 Å². The van der Waals surface area contributed by atoms with Crippen molar-refractivity contribution in [3.63, 3.8) is 0 Å². The second-order valence-corrected chi connectivity index (χ2v) is 6.62. The van der Waals surface area contributed by atoms with E-state index in [-0.39, 0.29) is 17.2 Å². The van der Waals surface area contributed by atoms with Crippen LogP contribution in [0.3, 0.4) is 0 Å². The fourth-order valence-electron chi connectivity index (χ4n) is 2.55. The monoisotopic (exact) mass is 288 g/mol. The van der Waals surface area contributed by atoms with Crippen molar-refractivity contribution in [3.8, 4) is 11.8 Å². The summed E-state index contributed by atoms with van der Waals surface area (Å²) >= 11 is 0. The van der Waals surface area contributed by atoms with Crippen molar-refractivity contribution in [1.29, 1.82) is 5.26 Å². The Hall–Kier alpha value is -2.02. The molecule has 4 nitrogen and oxygen atoms in total. The van der Waals surface area contributed by atoms with Crippen molar-refractivity contribution >= 4 is 11.6 Å². The quantitative estimate of drug-likeness (QED) is 0.891. The molecule has 0 saturated carbocycles. The van der Waals surface area contributed by atoms with Gasteiger partial charge in [-0.15, -0.1) is 0 Å². The van der Waals surface area contributed by atoms with Crippen molar-refractivity contribution in [2.75, 3.05) is 12.4 Å². The van der Waals surface area contributed by atoms with Gasteiger partial charge in [0.1, 0.15) is 17.5 Å². The molecule has 0 aliphatic heterocycles. The lowest BCUT2D eigenvalue weighted by atomic mass is 9.84. The number of para-hydroxylation sites is 1. The highest BCUT2D eigenvalue weighted by Crippen LogP contribution is 2.29. The SMILES string of the molecule is COc1cccc(C#N)c1NC(=O)CC(C)CC(C)(C)C. The molecule has 0 aromatic heterocycles. The fourth-order valence-corrected chi connectivity index (χ4v) is 2.55. The molecule has 1 aromatic carbocycles. The number of nitrogens with one attached hydrogen (secondary N) is 1. The molecule has 114 valence electrons. The number of carbonyl (C=O) groups is 1. The Bertz CT molecular complexity index is 539. The molecule has 1 amide bonds. The largest absolute Gasteiger partial charge is 0.495 e. The minimum atomic E-state index is -0.0900. The van der Waals surface area contributed by atoms with Crippen LogP contribution >= 0.6 is 0 Å². The lowest BCUT2D eigenvalue weighted by molar-refractivity contribution is -0.117. The summed E-state index contributed by atoms with van der Waals surface area (Å²) in [7, 11) is 1.52. The number of nitriles is 1. The normalized spacial score (nSPS) is 12.4. The molecular formula is C17H24N2O2. The summed E-state index contributed by atoms with van der Waals surface area (Å²) in [6.07, 6.45) is 1.40. The van der Waals surface area contributed by atoms with Gasteiger partial charge in [0.25, 0.3) is 0 Å². The van der Waals surface area contributed by atoms with E-state index in [2.05, 4.69) is 39.1 Å². The lowest BCUT2D eigenvalue weighted by Gasteiger charge is -2.23. The average molecular weight is 288 g/mol. The molecule has 0 fully saturated rings. The Morgan fingerprint density at radius 3 is 2.62 bits per heavy atom. The predicted octanol–water partition coefficient (Wildman–Crippen LogP) is 3.97. The molecule has 1 unspecified atom stereocenters. The summed E-state index contributed by atoms with van der Waals surface area (Å²) in [4.78, 5) is 12.2. The molecule has 0 aliphatic rings. The molecule has 1 N–H and O–H groups in total. The summed E-state index contributed by atoms with van der Waals surface area (Å²) in [5.41, 5.74) is 1.06. The Morgan fingerprint density at radius 2 is 2.10 bits per heavy atom. The zero-order valence-corrected chi connectivity index (χ0v) is 13.5. The highest BCUT2D eigenvalue weighted by atomic mass is 16.5. The van der Waals surface area contributed by atoms with Gasteiger partial charge in [0.2, 0.25) is 5.91 Å². The zero-order valence-electron chi connectivity index (χ0n) is 13.5. The van der Waals surface area contributed by atoms with Gasteiger partial charge >= 0.3 is 0 Å². The highest BCUT2D eigenvalue weighted by molar-refractivity contribution is 5.94. The molecule has 1 atom stereocenters. The molecule has 0 bridgehead atoms. The number of carbonyl (C=O) groups excluding carboxylic acids is 1. The van der Waals surface area contributed by atoms with Crippen molar-refractivity contribution in [2.45, 2.75) is 40.5 Å². The minimum Gasteiger partial charge on any atom is -0.495 e. The van der Waals surface area contributed by atoms with Crippen molar-refractivity contribution in [2.24, 2.45) is 11.3 Å². The number of anilines is 1. The van der Waals surface area contributed by atoms with Crippen LogP contribution in [0.5, 0.6) is 5.75 Å². The molecule has 1 rings (SSSR count). The van der Waals surface area contributed by atoms with Gasteiger partial charge in [-0.3, -0.25) is 4.79 Å². The Morgan fingerprint density at radius 1 is 1.43 bits per heavy atom. The second-order valence-electron chi connectivity index (χ2n) is 6.62. The maximum atomic E-state index is 12.2. The molecule has 0 heterocycles. The van der Waals surface area contributed by atoms with Gasteiger partial charge in [-0.2, -0.15) is 5.26 Å². The van der Waals surface area contributed by atoms with E-state index < -0.39 is 0 Å². The summed E-state index contributed by atoms with van der Waals surface area (Å²) < 4.78 is 5.21. The first-order valence-corrected chi connectivity index (χ1v) is 7.14. The van der Waals surface area contributed by atoms with E-state index in [4.69, 9.17) is 10.00 Å². The number of hydrogen-bond acceptors (Lipinski definition) is 3. The average Bonchev–Trinajstić information content (AvgIpc) is 2.36. The number of methoxy groups -OCH3 is 1. The first-order valence-electron chi connectivity index (χ1n) is 7.14. The van der Waals surface area contributed by atoms with Gasteiger partial charge in [-0.05, 0) is 29.9 Å². The number of nitrogens with zero attached hydrogens (tertiary/aromatic N) is 1. The van der Waals surface area contributed by atoms with Crippen LogP contribution in [0, 0.1) is 22.7 Å². The van der Waals surface area contributed by atoms with Crippen LogP contribution in [0.1, 0.15) is 46.1 Å². The predicted molar refractivity (Wildman–Crippen MR) is 84.2 cm³/mol. The number of hydrogen-bond donors (Lipinski definition) is 1. The van der Waals surface area contributed by atoms with E-state index in [9.17, 15) is 4.79 Å². The molecule has 0 aliphatic carbocycles. The Labute approximate surface area is 127 Å². The third-order valence-electron chi connectivity index (χ3n) is 3.13. The molecule has 0 radical (unpaired) electrons. The molecule has 21 heavy (non-hydrogen) atoms. The van der Waals surface area contributed by atoms with Crippen LogP contribution in [-0.4, -0.2) is 13.0 Å². The van der Waals surface area contributed by atoms with Crippen molar-refractivity contribution < 1.29 is 9.53 Å². The highest BCUT2D eigenvalue weighted by Gasteiger charge is 2.19. The Kier molecular flexibility index (Phi) is 5.78. The molecular weight excluding hydrogens is 264 g/mol. The molecule has 1 aromatic rings. The standard InChI is InChI=1S/C17H24N2O2/c1-12(10-17(2,3)4)9-15(20)19-16-13(11-18)7-6-8-14(16)21-5/h6-8,12H,9-10H2,1-5H3,(H,19,20). The van der Waals surface area contributed by atoms with Crippen LogP contribution in [-0.2, 0) is 4.79 Å². The van der Waals surface area contributed by atoms with Gasteiger partial charge in [-0.1, -0.05) is 33.8 Å². The van der Waals surface area contributed by atoms with Gasteiger partial charge in [0.05, 0.1) is 12.7 Å². The summed E-state index contributed by atoms with van der Waals surface area (Å²) in [5.74, 6) is 0.698. The first-order chi connectivity index (χ1) is 9.76. The van der Waals surface area contributed by atoms with Crippen molar-refractivity contribution in [1.82, 2.24) is 0 Å². The summed E-state index contributed by atoms with van der Waals surface area (Å²) in [5, 5.41) is 11.9. The number of ether oxygens (including phenoxy) is 1. The molecule has 0 saturated heterocycles. The lowest BCUT2D eigenvalue weighted by Crippen LogP contribution is -2.19. The number of rotatable bonds is 5. The first kappa shape index (κ1) is 17.0. The third-order valence-corrected chi connectivity index (χ3v) is 3.13. The van der Waals surface area contributed by atoms with Gasteiger partial charge < -0.3 is 10.1 Å². The van der Waals surface area contributed by atoms with E-state index in [1.54, 1.807) is 18.2 Å². The smallest absolute Gasteiger partial charge is 0.224 e. The van der Waals surface area contributed by atoms with E-state index in [0.717, 1.165) is 6.42 Å². The fraction of sp³-hybridized carbons (Fsp3) is 0.529. The third kappa shape index (κ3) is 5.47. The van der Waals surface area contributed by atoms with Gasteiger partial charge in [-0.25, -0.2) is 0 Å². The van der Waals surface area contributed by atoms with E-state index in [1.165, 1.54) is 7.11 Å². The summed E-state index contributed by atoms with van der Waals surface area (Å²) in [6.45, 7) is 8.55.